The summed E-state index contributed by atoms with van der Waals surface area (Å²) in [4.78, 5) is 30.8. The zero-order valence-corrected chi connectivity index (χ0v) is 10.8. The second-order valence-corrected chi connectivity index (χ2v) is 3.73. The molecule has 0 aliphatic rings. The summed E-state index contributed by atoms with van der Waals surface area (Å²) in [6, 6.07) is 3.22. The van der Waals surface area contributed by atoms with E-state index in [1.165, 1.54) is 23.5 Å². The van der Waals surface area contributed by atoms with Crippen LogP contribution >= 0.6 is 0 Å². The van der Waals surface area contributed by atoms with Crippen LogP contribution in [-0.4, -0.2) is 44.8 Å². The highest BCUT2D eigenvalue weighted by Gasteiger charge is 2.09. The lowest BCUT2D eigenvalue weighted by Gasteiger charge is -2.05. The third-order valence-electron chi connectivity index (χ3n) is 2.36. The molecular weight excluding hydrogens is 262 g/mol. The number of esters is 1. The zero-order valence-electron chi connectivity index (χ0n) is 10.8. The van der Waals surface area contributed by atoms with Gasteiger partial charge in [0.1, 0.15) is 19.2 Å². The fourth-order valence-corrected chi connectivity index (χ4v) is 1.45. The fraction of sp³-hybridized carbons (Fsp3) is 0.250. The Bertz CT molecular complexity index is 580. The molecule has 1 amide bonds. The van der Waals surface area contributed by atoms with Crippen molar-refractivity contribution in [2.75, 3.05) is 13.2 Å². The number of hydrogen-bond acceptors (Lipinski definition) is 6. The number of carbonyl (C=O) groups is 2. The van der Waals surface area contributed by atoms with Gasteiger partial charge in [-0.25, -0.2) is 14.6 Å². The molecule has 0 saturated carbocycles. The second kappa shape index (κ2) is 6.41. The van der Waals surface area contributed by atoms with Gasteiger partial charge in [-0.2, -0.15) is 5.10 Å². The van der Waals surface area contributed by atoms with E-state index in [0.29, 0.717) is 11.4 Å². The van der Waals surface area contributed by atoms with Crippen LogP contribution in [0.4, 0.5) is 0 Å². The van der Waals surface area contributed by atoms with Crippen LogP contribution in [0.15, 0.2) is 31.0 Å². The van der Waals surface area contributed by atoms with Crippen molar-refractivity contribution in [2.45, 2.75) is 6.92 Å². The van der Waals surface area contributed by atoms with Gasteiger partial charge in [-0.1, -0.05) is 0 Å². The molecule has 8 nitrogen and oxygen atoms in total. The Hall–Kier alpha value is -2.77. The number of nitrogens with zero attached hydrogens (tertiary/aromatic N) is 4. The van der Waals surface area contributed by atoms with Gasteiger partial charge in [0, 0.05) is 6.20 Å². The van der Waals surface area contributed by atoms with Gasteiger partial charge in [0.25, 0.3) is 5.91 Å². The molecule has 2 heterocycles. The molecule has 1 N–H and O–H groups in total. The molecule has 0 fully saturated rings. The number of nitrogens with one attached hydrogen (secondary N) is 1. The summed E-state index contributed by atoms with van der Waals surface area (Å²) < 4.78 is 6.18. The van der Waals surface area contributed by atoms with Gasteiger partial charge in [0.15, 0.2) is 5.82 Å². The molecule has 0 aliphatic carbocycles. The highest BCUT2D eigenvalue weighted by atomic mass is 16.5. The van der Waals surface area contributed by atoms with Crippen molar-refractivity contribution in [1.29, 1.82) is 0 Å². The first-order valence-electron chi connectivity index (χ1n) is 5.95. The number of amides is 1. The van der Waals surface area contributed by atoms with Crippen LogP contribution < -0.4 is 5.32 Å². The van der Waals surface area contributed by atoms with Crippen LogP contribution in [0, 0.1) is 0 Å². The minimum Gasteiger partial charge on any atom is -0.465 e. The van der Waals surface area contributed by atoms with E-state index in [-0.39, 0.29) is 13.2 Å². The maximum Gasteiger partial charge on any atom is 0.325 e. The number of hydrogen-bond donors (Lipinski definition) is 1. The molecule has 104 valence electrons. The van der Waals surface area contributed by atoms with E-state index >= 15 is 0 Å². The second-order valence-electron chi connectivity index (χ2n) is 3.73. The van der Waals surface area contributed by atoms with Gasteiger partial charge in [0.2, 0.25) is 0 Å². The van der Waals surface area contributed by atoms with Crippen LogP contribution in [0.1, 0.15) is 17.3 Å². The third kappa shape index (κ3) is 3.37. The number of rotatable bonds is 5. The molecule has 0 aromatic carbocycles. The summed E-state index contributed by atoms with van der Waals surface area (Å²) in [5.74, 6) is -0.326. The molecule has 2 rings (SSSR count). The topological polar surface area (TPSA) is 99.0 Å². The highest BCUT2D eigenvalue weighted by Crippen LogP contribution is 2.03. The fourth-order valence-electron chi connectivity index (χ4n) is 1.45. The van der Waals surface area contributed by atoms with Crippen molar-refractivity contribution in [1.82, 2.24) is 25.1 Å². The molecular formula is C12H13N5O3. The van der Waals surface area contributed by atoms with Gasteiger partial charge < -0.3 is 10.1 Å². The Morgan fingerprint density at radius 1 is 1.40 bits per heavy atom. The highest BCUT2D eigenvalue weighted by molar-refractivity contribution is 5.95. The first-order valence-corrected chi connectivity index (χ1v) is 5.95. The molecule has 0 radical (unpaired) electrons. The lowest BCUT2D eigenvalue weighted by atomic mass is 10.2. The lowest BCUT2D eigenvalue weighted by Crippen LogP contribution is -2.30. The summed E-state index contributed by atoms with van der Waals surface area (Å²) in [5, 5.41) is 6.37. The predicted octanol–water partition coefficient (Wildman–Crippen LogP) is -0.0448. The summed E-state index contributed by atoms with van der Waals surface area (Å²) in [6.45, 7) is 1.81. The zero-order chi connectivity index (χ0) is 14.4. The Morgan fingerprint density at radius 3 is 2.85 bits per heavy atom. The molecule has 8 heteroatoms. The van der Waals surface area contributed by atoms with E-state index in [1.54, 1.807) is 19.1 Å². The monoisotopic (exact) mass is 275 g/mol. The van der Waals surface area contributed by atoms with E-state index < -0.39 is 11.9 Å². The van der Waals surface area contributed by atoms with Gasteiger partial charge in [0.05, 0.1) is 12.2 Å². The van der Waals surface area contributed by atoms with Gasteiger partial charge in [-0.15, -0.1) is 0 Å². The molecule has 0 bridgehead atoms. The lowest BCUT2D eigenvalue weighted by molar-refractivity contribution is -0.141. The maximum atomic E-state index is 11.8. The van der Waals surface area contributed by atoms with Gasteiger partial charge in [-0.05, 0) is 19.1 Å². The SMILES string of the molecule is CCOC(=O)CNC(=O)c1ccc(-n2cncn2)nc1. The number of pyridine rings is 1. The van der Waals surface area contributed by atoms with E-state index in [1.807, 2.05) is 0 Å². The average Bonchev–Trinajstić information content (AvgIpc) is 2.99. The standard InChI is InChI=1S/C12H13N5O3/c1-2-20-11(18)6-15-12(19)9-3-4-10(14-5-9)17-8-13-7-16-17/h3-5,7-8H,2,6H2,1H3,(H,15,19). The Morgan fingerprint density at radius 2 is 2.25 bits per heavy atom. The summed E-state index contributed by atoms with van der Waals surface area (Å²) in [5.41, 5.74) is 0.346. The number of aromatic nitrogens is 4. The van der Waals surface area contributed by atoms with Crippen molar-refractivity contribution in [3.63, 3.8) is 0 Å². The predicted molar refractivity (Wildman–Crippen MR) is 68.1 cm³/mol. The maximum absolute atomic E-state index is 11.8. The summed E-state index contributed by atoms with van der Waals surface area (Å²) >= 11 is 0. The summed E-state index contributed by atoms with van der Waals surface area (Å²) in [7, 11) is 0. The number of carbonyl (C=O) groups excluding carboxylic acids is 2. The van der Waals surface area contributed by atoms with Crippen LogP contribution in [-0.2, 0) is 9.53 Å². The summed E-state index contributed by atoms with van der Waals surface area (Å²) in [6.07, 6.45) is 4.29. The molecule has 2 aromatic heterocycles. The van der Waals surface area contributed by atoms with Crippen molar-refractivity contribution in [3.8, 4) is 5.82 Å². The minimum absolute atomic E-state index is 0.169. The number of ether oxygens (including phenoxy) is 1. The molecule has 0 unspecified atom stereocenters. The Kier molecular flexibility index (Phi) is 4.38. The Balaban J connectivity index is 1.96. The van der Waals surface area contributed by atoms with Crippen LogP contribution in [0.25, 0.3) is 5.82 Å². The molecule has 0 aliphatic heterocycles. The largest absolute Gasteiger partial charge is 0.465 e. The van der Waals surface area contributed by atoms with Gasteiger partial charge in [-0.3, -0.25) is 9.59 Å². The smallest absolute Gasteiger partial charge is 0.325 e. The molecule has 20 heavy (non-hydrogen) atoms. The average molecular weight is 275 g/mol. The van der Waals surface area contributed by atoms with Crippen molar-refractivity contribution >= 4 is 11.9 Å². The molecule has 0 saturated heterocycles. The quantitative estimate of drug-likeness (QED) is 0.768. The first kappa shape index (κ1) is 13.7. The van der Waals surface area contributed by atoms with E-state index in [4.69, 9.17) is 4.74 Å². The van der Waals surface area contributed by atoms with Crippen molar-refractivity contribution in [3.05, 3.63) is 36.5 Å². The Labute approximate surface area is 114 Å². The van der Waals surface area contributed by atoms with Crippen LogP contribution in [0.5, 0.6) is 0 Å². The third-order valence-corrected chi connectivity index (χ3v) is 2.36. The molecule has 2 aromatic rings. The van der Waals surface area contributed by atoms with E-state index in [0.717, 1.165) is 0 Å². The first-order chi connectivity index (χ1) is 9.70. The normalized spacial score (nSPS) is 10.1. The van der Waals surface area contributed by atoms with Crippen LogP contribution in [0.2, 0.25) is 0 Å². The van der Waals surface area contributed by atoms with Crippen LogP contribution in [0.3, 0.4) is 0 Å². The van der Waals surface area contributed by atoms with E-state index in [2.05, 4.69) is 20.4 Å². The minimum atomic E-state index is -0.479. The molecule has 0 atom stereocenters. The van der Waals surface area contributed by atoms with Crippen molar-refractivity contribution in [2.24, 2.45) is 0 Å². The van der Waals surface area contributed by atoms with E-state index in [9.17, 15) is 9.59 Å². The van der Waals surface area contributed by atoms with Crippen molar-refractivity contribution < 1.29 is 14.3 Å². The van der Waals surface area contributed by atoms with Gasteiger partial charge >= 0.3 is 5.97 Å². The molecule has 0 spiro atoms.